The number of halogens is 4. The first-order valence-corrected chi connectivity index (χ1v) is 7.18. The molecule has 0 aliphatic rings. The summed E-state index contributed by atoms with van der Waals surface area (Å²) >= 11 is 5.69. The normalized spacial score (nSPS) is 21.4. The van der Waals surface area contributed by atoms with Crippen molar-refractivity contribution in [1.82, 2.24) is 0 Å². The van der Waals surface area contributed by atoms with Crippen LogP contribution in [0, 0.1) is 0 Å². The number of hydrogen-bond donors (Lipinski definition) is 0. The van der Waals surface area contributed by atoms with Crippen LogP contribution in [0.3, 0.4) is 0 Å². The highest BCUT2D eigenvalue weighted by Crippen LogP contribution is 2.31. The molecule has 0 spiro atoms. The van der Waals surface area contributed by atoms with Crippen LogP contribution in [0.25, 0.3) is 0 Å². The van der Waals surface area contributed by atoms with E-state index in [1.54, 1.807) is 0 Å². The van der Waals surface area contributed by atoms with Gasteiger partial charge in [0.05, 0.1) is 0 Å². The lowest BCUT2D eigenvalue weighted by Gasteiger charge is -2.29. The zero-order valence-electron chi connectivity index (χ0n) is 7.60. The van der Waals surface area contributed by atoms with E-state index in [9.17, 15) is 13.2 Å². The molecule has 0 aromatic heterocycles. The fraction of sp³-hybridized carbons (Fsp3) is 0.333. The molecule has 0 bridgehead atoms. The molecule has 0 aromatic rings. The van der Waals surface area contributed by atoms with Gasteiger partial charge in [0.2, 0.25) is 0 Å². The molecule has 0 aliphatic heterocycles. The summed E-state index contributed by atoms with van der Waals surface area (Å²) in [5.74, 6) is -5.65. The lowest BCUT2D eigenvalue weighted by molar-refractivity contribution is 0.401. The molecule has 0 N–H and O–H groups in total. The van der Waals surface area contributed by atoms with Crippen LogP contribution in [0.2, 0.25) is 0 Å². The standard InChI is InChI=1S/C9H12ClF3Si/c1-4-7(11)14(10,8(12)5-2)9(13)6-3/h4-9H,1-3H2. The third kappa shape index (κ3) is 2.30. The molecule has 0 saturated carbocycles. The third-order valence-electron chi connectivity index (χ3n) is 1.89. The molecule has 0 amide bonds. The fourth-order valence-electron chi connectivity index (χ4n) is 0.998. The van der Waals surface area contributed by atoms with Gasteiger partial charge in [-0.05, 0) is 0 Å². The zero-order valence-corrected chi connectivity index (χ0v) is 9.35. The van der Waals surface area contributed by atoms with Crippen molar-refractivity contribution < 1.29 is 13.2 Å². The van der Waals surface area contributed by atoms with Crippen molar-refractivity contribution in [3.8, 4) is 0 Å². The van der Waals surface area contributed by atoms with Crippen LogP contribution in [0.15, 0.2) is 38.0 Å². The molecule has 0 aromatic carbocycles. The average molecular weight is 241 g/mol. The molecule has 14 heavy (non-hydrogen) atoms. The van der Waals surface area contributed by atoms with Crippen molar-refractivity contribution in [2.45, 2.75) is 17.4 Å². The van der Waals surface area contributed by atoms with E-state index in [0.29, 0.717) is 0 Å². The van der Waals surface area contributed by atoms with E-state index >= 15 is 0 Å². The summed E-state index contributed by atoms with van der Waals surface area (Å²) in [5, 5.41) is 0. The van der Waals surface area contributed by atoms with E-state index in [1.165, 1.54) is 0 Å². The van der Waals surface area contributed by atoms with Crippen LogP contribution in [-0.4, -0.2) is 24.8 Å². The molecule has 3 atom stereocenters. The van der Waals surface area contributed by atoms with Crippen LogP contribution in [0.5, 0.6) is 0 Å². The largest absolute Gasteiger partial charge is 0.275 e. The Labute approximate surface area is 87.5 Å². The smallest absolute Gasteiger partial charge is 0.245 e. The number of hydrogen-bond acceptors (Lipinski definition) is 0. The predicted octanol–water partition coefficient (Wildman–Crippen LogP) is 3.36. The minimum Gasteiger partial charge on any atom is -0.245 e. The van der Waals surface area contributed by atoms with Gasteiger partial charge in [-0.1, -0.05) is 18.2 Å². The van der Waals surface area contributed by atoms with Crippen molar-refractivity contribution in [2.75, 3.05) is 0 Å². The highest BCUT2D eigenvalue weighted by atomic mass is 35.6. The molecule has 5 heteroatoms. The zero-order chi connectivity index (χ0) is 11.4. The summed E-state index contributed by atoms with van der Waals surface area (Å²) in [7, 11) is -3.94. The van der Waals surface area contributed by atoms with Gasteiger partial charge in [0.1, 0.15) is 17.4 Å². The van der Waals surface area contributed by atoms with E-state index < -0.39 is 24.8 Å². The summed E-state index contributed by atoms with van der Waals surface area (Å²) in [6.45, 7) is 9.40. The van der Waals surface area contributed by atoms with E-state index in [2.05, 4.69) is 19.7 Å². The molecule has 0 nitrogen and oxygen atoms in total. The highest BCUT2D eigenvalue weighted by Gasteiger charge is 2.52. The number of alkyl halides is 3. The van der Waals surface area contributed by atoms with Gasteiger partial charge >= 0.3 is 0 Å². The van der Waals surface area contributed by atoms with Gasteiger partial charge in [0.25, 0.3) is 7.38 Å². The van der Waals surface area contributed by atoms with Crippen LogP contribution in [0.1, 0.15) is 0 Å². The van der Waals surface area contributed by atoms with Gasteiger partial charge in [-0.25, -0.2) is 13.2 Å². The van der Waals surface area contributed by atoms with E-state index in [4.69, 9.17) is 11.1 Å². The second-order valence-corrected chi connectivity index (χ2v) is 8.01. The van der Waals surface area contributed by atoms with Crippen molar-refractivity contribution >= 4 is 18.5 Å². The van der Waals surface area contributed by atoms with Crippen molar-refractivity contribution in [3.05, 3.63) is 38.0 Å². The molecular formula is C9H12ClF3Si. The number of allylic oxidation sites excluding steroid dienone is 3. The molecule has 0 fully saturated rings. The Morgan fingerprint density at radius 2 is 1.07 bits per heavy atom. The summed E-state index contributed by atoms with van der Waals surface area (Å²) < 4.78 is 39.9. The summed E-state index contributed by atoms with van der Waals surface area (Å²) in [6.07, 6.45) is 2.43. The Morgan fingerprint density at radius 3 is 1.21 bits per heavy atom. The number of rotatable bonds is 6. The molecule has 0 saturated heterocycles. The lowest BCUT2D eigenvalue weighted by atomic mass is 10.7. The third-order valence-corrected chi connectivity index (χ3v) is 7.01. The van der Waals surface area contributed by atoms with E-state index in [-0.39, 0.29) is 0 Å². The predicted molar refractivity (Wildman–Crippen MR) is 56.9 cm³/mol. The molecule has 80 valence electrons. The first-order valence-electron chi connectivity index (χ1n) is 3.93. The Balaban J connectivity index is 5.11. The van der Waals surface area contributed by atoms with Gasteiger partial charge in [-0.3, -0.25) is 0 Å². The minimum atomic E-state index is -3.94. The van der Waals surface area contributed by atoms with E-state index in [0.717, 1.165) is 18.2 Å². The molecule has 0 rings (SSSR count). The first kappa shape index (κ1) is 13.5. The lowest BCUT2D eigenvalue weighted by Crippen LogP contribution is -2.55. The summed E-state index contributed by atoms with van der Waals surface area (Å²) in [5.41, 5.74) is 0. The van der Waals surface area contributed by atoms with Gasteiger partial charge in [0, 0.05) is 0 Å². The van der Waals surface area contributed by atoms with Gasteiger partial charge < -0.3 is 0 Å². The highest BCUT2D eigenvalue weighted by molar-refractivity contribution is 7.23. The maximum Gasteiger partial charge on any atom is 0.275 e. The summed E-state index contributed by atoms with van der Waals surface area (Å²) in [6, 6.07) is 0. The second-order valence-electron chi connectivity index (χ2n) is 2.74. The van der Waals surface area contributed by atoms with Gasteiger partial charge in [-0.15, -0.1) is 19.7 Å². The maximum atomic E-state index is 13.3. The molecule has 3 unspecified atom stereocenters. The quantitative estimate of drug-likeness (QED) is 0.379. The summed E-state index contributed by atoms with van der Waals surface area (Å²) in [4.78, 5) is 0. The second kappa shape index (κ2) is 5.41. The molecule has 0 aliphatic carbocycles. The topological polar surface area (TPSA) is 0 Å². The Hall–Kier alpha value is -0.483. The SMILES string of the molecule is C=CC(F)[Si](Cl)(C(F)C=C)C(F)C=C. The van der Waals surface area contributed by atoms with Crippen molar-refractivity contribution in [3.63, 3.8) is 0 Å². The van der Waals surface area contributed by atoms with Crippen molar-refractivity contribution in [2.24, 2.45) is 0 Å². The monoisotopic (exact) mass is 240 g/mol. The van der Waals surface area contributed by atoms with Gasteiger partial charge in [-0.2, -0.15) is 11.1 Å². The van der Waals surface area contributed by atoms with Crippen molar-refractivity contribution in [1.29, 1.82) is 0 Å². The molecule has 0 heterocycles. The Morgan fingerprint density at radius 1 is 0.857 bits per heavy atom. The van der Waals surface area contributed by atoms with Gasteiger partial charge in [0.15, 0.2) is 0 Å². The Kier molecular flexibility index (Phi) is 5.22. The maximum absolute atomic E-state index is 13.3. The minimum absolute atomic E-state index is 0.811. The van der Waals surface area contributed by atoms with Crippen LogP contribution >= 0.6 is 11.1 Å². The van der Waals surface area contributed by atoms with E-state index in [1.807, 2.05) is 0 Å². The molecular weight excluding hydrogens is 229 g/mol. The molecule has 0 radical (unpaired) electrons. The average Bonchev–Trinajstić information content (AvgIpc) is 2.24. The first-order chi connectivity index (χ1) is 6.44. The fourth-order valence-corrected chi connectivity index (χ4v) is 3.80. The van der Waals surface area contributed by atoms with Crippen LogP contribution in [0.4, 0.5) is 13.2 Å². The Bertz CT molecular complexity index is 196. The van der Waals surface area contributed by atoms with Crippen LogP contribution < -0.4 is 0 Å². The van der Waals surface area contributed by atoms with Crippen LogP contribution in [-0.2, 0) is 0 Å².